The number of fused-ring (bicyclic) bond motifs is 1. The van der Waals surface area contributed by atoms with Crippen LogP contribution in [0.25, 0.3) is 11.2 Å². The molecule has 2 aromatic heterocycles. The molecule has 0 saturated carbocycles. The molecule has 1 aliphatic rings. The summed E-state index contributed by atoms with van der Waals surface area (Å²) < 4.78 is 3.15. The lowest BCUT2D eigenvalue weighted by molar-refractivity contribution is 0.202. The molecule has 21 heavy (non-hydrogen) atoms. The van der Waals surface area contributed by atoms with Gasteiger partial charge >= 0.3 is 0 Å². The molecule has 1 saturated heterocycles. The summed E-state index contributed by atoms with van der Waals surface area (Å²) in [6, 6.07) is 2.33. The molecule has 1 unspecified atom stereocenters. The van der Waals surface area contributed by atoms with E-state index in [4.69, 9.17) is 11.6 Å². The number of rotatable bonds is 4. The van der Waals surface area contributed by atoms with Crippen molar-refractivity contribution in [1.29, 1.82) is 0 Å². The van der Waals surface area contributed by atoms with Crippen LogP contribution in [0.15, 0.2) is 16.7 Å². The van der Waals surface area contributed by atoms with Crippen molar-refractivity contribution in [2.45, 2.75) is 38.1 Å². The molecule has 1 aliphatic heterocycles. The van der Waals surface area contributed by atoms with Crippen LogP contribution in [-0.4, -0.2) is 39.1 Å². The summed E-state index contributed by atoms with van der Waals surface area (Å²) in [5.41, 5.74) is 1.84. The first-order valence-corrected chi connectivity index (χ1v) is 8.82. The van der Waals surface area contributed by atoms with Crippen molar-refractivity contribution < 1.29 is 0 Å². The van der Waals surface area contributed by atoms with Crippen molar-refractivity contribution in [2.24, 2.45) is 0 Å². The molecule has 0 amide bonds. The van der Waals surface area contributed by atoms with Crippen LogP contribution in [0.3, 0.4) is 0 Å². The summed E-state index contributed by atoms with van der Waals surface area (Å²) in [7, 11) is 0. The van der Waals surface area contributed by atoms with Gasteiger partial charge in [-0.15, -0.1) is 11.6 Å². The lowest BCUT2D eigenvalue weighted by atomic mass is 10.1. The Kier molecular flexibility index (Phi) is 4.82. The van der Waals surface area contributed by atoms with Crippen molar-refractivity contribution in [3.63, 3.8) is 0 Å². The highest BCUT2D eigenvalue weighted by Crippen LogP contribution is 2.24. The van der Waals surface area contributed by atoms with Crippen LogP contribution in [0, 0.1) is 0 Å². The van der Waals surface area contributed by atoms with E-state index in [0.29, 0.717) is 11.9 Å². The fraction of sp³-hybridized carbons (Fsp3) is 0.600. The first-order valence-electron chi connectivity index (χ1n) is 7.49. The number of halogens is 2. The Labute approximate surface area is 138 Å². The average Bonchev–Trinajstić information content (AvgIpc) is 2.85. The average molecular weight is 372 g/mol. The quantitative estimate of drug-likeness (QED) is 0.762. The van der Waals surface area contributed by atoms with Crippen LogP contribution in [0.1, 0.15) is 38.1 Å². The minimum Gasteiger partial charge on any atom is -0.308 e. The minimum absolute atomic E-state index is 0.329. The van der Waals surface area contributed by atoms with Crippen LogP contribution in [-0.2, 0) is 5.88 Å². The van der Waals surface area contributed by atoms with Crippen LogP contribution in [0.5, 0.6) is 0 Å². The molecule has 3 heterocycles. The lowest BCUT2D eigenvalue weighted by Crippen LogP contribution is -2.34. The van der Waals surface area contributed by atoms with Crippen LogP contribution in [0.2, 0.25) is 0 Å². The van der Waals surface area contributed by atoms with Gasteiger partial charge in [0.25, 0.3) is 0 Å². The molecular formula is C15H20BrClN4. The molecule has 0 bridgehead atoms. The van der Waals surface area contributed by atoms with E-state index in [2.05, 4.69) is 42.3 Å². The maximum absolute atomic E-state index is 6.09. The SMILES string of the molecule is CC(CN1CCCCC1)n1c(CCl)nc2cc(Br)cnc21. The summed E-state index contributed by atoms with van der Waals surface area (Å²) in [6.07, 6.45) is 5.81. The maximum Gasteiger partial charge on any atom is 0.160 e. The normalized spacial score (nSPS) is 18.2. The first kappa shape index (κ1) is 15.3. The van der Waals surface area contributed by atoms with E-state index >= 15 is 0 Å². The number of aromatic nitrogens is 3. The summed E-state index contributed by atoms with van der Waals surface area (Å²) >= 11 is 9.55. The highest BCUT2D eigenvalue weighted by atomic mass is 79.9. The molecule has 3 rings (SSSR count). The summed E-state index contributed by atoms with van der Waals surface area (Å²) in [4.78, 5) is 11.7. The van der Waals surface area contributed by atoms with Crippen LogP contribution < -0.4 is 0 Å². The second-order valence-corrected chi connectivity index (χ2v) is 6.92. The molecule has 4 nitrogen and oxygen atoms in total. The number of nitrogens with zero attached hydrogens (tertiary/aromatic N) is 4. The largest absolute Gasteiger partial charge is 0.308 e. The Hall–Kier alpha value is -0.650. The number of piperidine rings is 1. The van der Waals surface area contributed by atoms with Crippen molar-refractivity contribution in [1.82, 2.24) is 19.4 Å². The Morgan fingerprint density at radius 2 is 2.10 bits per heavy atom. The van der Waals surface area contributed by atoms with Gasteiger partial charge < -0.3 is 9.47 Å². The van der Waals surface area contributed by atoms with Gasteiger partial charge in [0.05, 0.1) is 5.88 Å². The molecule has 0 aliphatic carbocycles. The predicted molar refractivity (Wildman–Crippen MR) is 89.8 cm³/mol. The fourth-order valence-corrected chi connectivity index (χ4v) is 3.67. The zero-order valence-electron chi connectivity index (χ0n) is 12.2. The van der Waals surface area contributed by atoms with E-state index < -0.39 is 0 Å². The molecular weight excluding hydrogens is 352 g/mol. The molecule has 0 N–H and O–H groups in total. The van der Waals surface area contributed by atoms with Crippen molar-refractivity contribution in [3.8, 4) is 0 Å². The van der Waals surface area contributed by atoms with Gasteiger partial charge in [-0.25, -0.2) is 9.97 Å². The third-order valence-electron chi connectivity index (χ3n) is 4.10. The van der Waals surface area contributed by atoms with E-state index in [1.165, 1.54) is 32.4 Å². The Balaban J connectivity index is 1.90. The lowest BCUT2D eigenvalue weighted by Gasteiger charge is -2.30. The highest BCUT2D eigenvalue weighted by molar-refractivity contribution is 9.10. The van der Waals surface area contributed by atoms with Gasteiger partial charge in [-0.3, -0.25) is 0 Å². The van der Waals surface area contributed by atoms with E-state index in [0.717, 1.165) is 28.0 Å². The Morgan fingerprint density at radius 3 is 2.81 bits per heavy atom. The number of hydrogen-bond donors (Lipinski definition) is 0. The molecule has 6 heteroatoms. The molecule has 2 aromatic rings. The third kappa shape index (κ3) is 3.25. The Morgan fingerprint density at radius 1 is 1.33 bits per heavy atom. The smallest absolute Gasteiger partial charge is 0.160 e. The molecule has 114 valence electrons. The maximum atomic E-state index is 6.09. The van der Waals surface area contributed by atoms with Gasteiger partial charge in [0.1, 0.15) is 11.3 Å². The molecule has 0 radical (unpaired) electrons. The zero-order chi connectivity index (χ0) is 14.8. The Bertz CT molecular complexity index is 621. The number of hydrogen-bond acceptors (Lipinski definition) is 3. The monoisotopic (exact) mass is 370 g/mol. The van der Waals surface area contributed by atoms with E-state index in [9.17, 15) is 0 Å². The van der Waals surface area contributed by atoms with Gasteiger partial charge in [0, 0.05) is 23.3 Å². The van der Waals surface area contributed by atoms with Crippen molar-refractivity contribution >= 4 is 38.7 Å². The number of pyridine rings is 1. The van der Waals surface area contributed by atoms with Gasteiger partial charge in [0.15, 0.2) is 5.65 Å². The van der Waals surface area contributed by atoms with E-state index in [1.54, 1.807) is 0 Å². The highest BCUT2D eigenvalue weighted by Gasteiger charge is 2.20. The van der Waals surface area contributed by atoms with E-state index in [1.807, 2.05) is 12.3 Å². The van der Waals surface area contributed by atoms with Crippen molar-refractivity contribution in [3.05, 3.63) is 22.6 Å². The minimum atomic E-state index is 0.329. The van der Waals surface area contributed by atoms with Crippen molar-refractivity contribution in [2.75, 3.05) is 19.6 Å². The number of likely N-dealkylation sites (tertiary alicyclic amines) is 1. The number of alkyl halides is 1. The van der Waals surface area contributed by atoms with Gasteiger partial charge in [-0.1, -0.05) is 6.42 Å². The topological polar surface area (TPSA) is 34.0 Å². The molecule has 0 spiro atoms. The van der Waals surface area contributed by atoms with Crippen LogP contribution >= 0.6 is 27.5 Å². The zero-order valence-corrected chi connectivity index (χ0v) is 14.6. The standard InChI is InChI=1S/C15H20BrClN4/c1-11(10-20-5-3-2-4-6-20)21-14(8-17)19-13-7-12(16)9-18-15(13)21/h7,9,11H,2-6,8,10H2,1H3. The number of imidazole rings is 1. The predicted octanol–water partition coefficient (Wildman–Crippen LogP) is 3.98. The van der Waals surface area contributed by atoms with Gasteiger partial charge in [-0.2, -0.15) is 0 Å². The third-order valence-corrected chi connectivity index (χ3v) is 4.77. The fourth-order valence-electron chi connectivity index (χ4n) is 3.16. The van der Waals surface area contributed by atoms with Gasteiger partial charge in [-0.05, 0) is 54.9 Å². The van der Waals surface area contributed by atoms with Gasteiger partial charge in [0.2, 0.25) is 0 Å². The first-order chi connectivity index (χ1) is 10.2. The summed E-state index contributed by atoms with van der Waals surface area (Å²) in [5, 5.41) is 0. The van der Waals surface area contributed by atoms with E-state index in [-0.39, 0.29) is 0 Å². The summed E-state index contributed by atoms with van der Waals surface area (Å²) in [6.45, 7) is 5.67. The summed E-state index contributed by atoms with van der Waals surface area (Å²) in [5.74, 6) is 1.32. The molecule has 1 fully saturated rings. The molecule has 0 aromatic carbocycles. The second kappa shape index (κ2) is 6.63. The molecule has 1 atom stereocenters. The van der Waals surface area contributed by atoms with Crippen LogP contribution in [0.4, 0.5) is 0 Å². The second-order valence-electron chi connectivity index (χ2n) is 5.74.